The van der Waals surface area contributed by atoms with Crippen LogP contribution in [0, 0.1) is 12.7 Å². The van der Waals surface area contributed by atoms with Gasteiger partial charge in [-0.3, -0.25) is 4.79 Å². The number of hydrogen-bond donors (Lipinski definition) is 1. The molecule has 0 radical (unpaired) electrons. The largest absolute Gasteiger partial charge is 0.339 e. The average molecular weight is 380 g/mol. The Balaban J connectivity index is 0.00000196. The number of fused-ring (bicyclic) bond motifs is 1. The van der Waals surface area contributed by atoms with E-state index in [1.54, 1.807) is 13.0 Å². The molecule has 0 atom stereocenters. The van der Waals surface area contributed by atoms with Crippen molar-refractivity contribution in [2.24, 2.45) is 0 Å². The third kappa shape index (κ3) is 3.59. The number of amides is 1. The van der Waals surface area contributed by atoms with Crippen molar-refractivity contribution in [1.29, 1.82) is 0 Å². The summed E-state index contributed by atoms with van der Waals surface area (Å²) in [6.07, 6.45) is 1.73. The third-order valence-corrected chi connectivity index (χ3v) is 5.09. The number of halogens is 2. The number of piperidine rings is 1. The van der Waals surface area contributed by atoms with Gasteiger partial charge in [-0.2, -0.15) is 0 Å². The summed E-state index contributed by atoms with van der Waals surface area (Å²) in [7, 11) is 0. The van der Waals surface area contributed by atoms with Crippen LogP contribution in [0.2, 0.25) is 0 Å². The fraction of sp³-hybridized carbons (Fsp3) is 0.500. The molecule has 0 bridgehead atoms. The summed E-state index contributed by atoms with van der Waals surface area (Å²) < 4.78 is 15.8. The SMILES string of the molecule is Cc1cc(F)cc(C(=O)N2CCC(c3nnc4n3CCNC4)CC2)c1.Cl. The minimum atomic E-state index is -0.359. The molecule has 0 unspecified atom stereocenters. The summed E-state index contributed by atoms with van der Waals surface area (Å²) in [5.41, 5.74) is 1.20. The molecule has 3 heterocycles. The Bertz CT molecular complexity index is 781. The topological polar surface area (TPSA) is 63.1 Å². The van der Waals surface area contributed by atoms with Gasteiger partial charge in [0, 0.05) is 37.7 Å². The molecule has 0 spiro atoms. The number of aryl methyl sites for hydroxylation is 1. The first-order valence-electron chi connectivity index (χ1n) is 8.81. The minimum absolute atomic E-state index is 0. The van der Waals surface area contributed by atoms with E-state index >= 15 is 0 Å². The van der Waals surface area contributed by atoms with Crippen LogP contribution in [0.4, 0.5) is 4.39 Å². The Morgan fingerprint density at radius 3 is 2.69 bits per heavy atom. The number of hydrogen-bond acceptors (Lipinski definition) is 4. The van der Waals surface area contributed by atoms with Crippen LogP contribution in [-0.4, -0.2) is 45.2 Å². The Morgan fingerprint density at radius 1 is 1.19 bits per heavy atom. The molecule has 2 aromatic rings. The molecule has 2 aliphatic rings. The smallest absolute Gasteiger partial charge is 0.253 e. The highest BCUT2D eigenvalue weighted by molar-refractivity contribution is 5.94. The summed E-state index contributed by atoms with van der Waals surface area (Å²) >= 11 is 0. The second-order valence-corrected chi connectivity index (χ2v) is 6.89. The molecule has 2 aliphatic heterocycles. The van der Waals surface area contributed by atoms with Gasteiger partial charge in [0.1, 0.15) is 17.5 Å². The molecule has 1 aromatic carbocycles. The monoisotopic (exact) mass is 379 g/mol. The maximum Gasteiger partial charge on any atom is 0.253 e. The Kier molecular flexibility index (Phi) is 5.58. The average Bonchev–Trinajstić information content (AvgIpc) is 3.04. The zero-order valence-electron chi connectivity index (χ0n) is 14.7. The molecule has 1 saturated heterocycles. The number of likely N-dealkylation sites (tertiary alicyclic amines) is 1. The maximum absolute atomic E-state index is 13.6. The zero-order valence-corrected chi connectivity index (χ0v) is 15.6. The number of aromatic nitrogens is 3. The minimum Gasteiger partial charge on any atom is -0.339 e. The summed E-state index contributed by atoms with van der Waals surface area (Å²) in [4.78, 5) is 14.5. The van der Waals surface area contributed by atoms with E-state index in [1.807, 2.05) is 4.90 Å². The van der Waals surface area contributed by atoms with Crippen molar-refractivity contribution in [2.75, 3.05) is 19.6 Å². The molecule has 4 rings (SSSR count). The van der Waals surface area contributed by atoms with Crippen molar-refractivity contribution >= 4 is 18.3 Å². The van der Waals surface area contributed by atoms with E-state index < -0.39 is 0 Å². The van der Waals surface area contributed by atoms with E-state index in [1.165, 1.54) is 12.1 Å². The number of rotatable bonds is 2. The standard InChI is InChI=1S/C18H22FN5O.ClH/c1-12-8-14(10-15(19)9-12)18(25)23-5-2-13(3-6-23)17-22-21-16-11-20-4-7-24(16)17;/h8-10,13,20H,2-7,11H2,1H3;1H. The van der Waals surface area contributed by atoms with Gasteiger partial charge in [-0.15, -0.1) is 22.6 Å². The van der Waals surface area contributed by atoms with Gasteiger partial charge in [0.05, 0.1) is 6.54 Å². The van der Waals surface area contributed by atoms with E-state index in [-0.39, 0.29) is 24.1 Å². The molecular formula is C18H23ClFN5O. The van der Waals surface area contributed by atoms with Gasteiger partial charge in [-0.05, 0) is 43.5 Å². The van der Waals surface area contributed by atoms with Crippen LogP contribution < -0.4 is 5.32 Å². The Labute approximate surface area is 158 Å². The van der Waals surface area contributed by atoms with Crippen molar-refractivity contribution in [3.05, 3.63) is 46.8 Å². The van der Waals surface area contributed by atoms with Gasteiger partial charge in [-0.1, -0.05) is 0 Å². The first-order valence-corrected chi connectivity index (χ1v) is 8.81. The highest BCUT2D eigenvalue weighted by atomic mass is 35.5. The van der Waals surface area contributed by atoms with Crippen LogP contribution >= 0.6 is 12.4 Å². The normalized spacial score (nSPS) is 17.5. The highest BCUT2D eigenvalue weighted by Crippen LogP contribution is 2.28. The predicted molar refractivity (Wildman–Crippen MR) is 98.0 cm³/mol. The highest BCUT2D eigenvalue weighted by Gasteiger charge is 2.29. The molecule has 1 fully saturated rings. The van der Waals surface area contributed by atoms with E-state index in [4.69, 9.17) is 0 Å². The van der Waals surface area contributed by atoms with Crippen molar-refractivity contribution in [2.45, 2.75) is 38.8 Å². The molecule has 1 N–H and O–H groups in total. The van der Waals surface area contributed by atoms with E-state index in [0.29, 0.717) is 24.6 Å². The fourth-order valence-corrected chi connectivity index (χ4v) is 3.80. The van der Waals surface area contributed by atoms with Gasteiger partial charge in [-0.25, -0.2) is 4.39 Å². The summed E-state index contributed by atoms with van der Waals surface area (Å²) in [5, 5.41) is 12.0. The Hall–Kier alpha value is -1.99. The maximum atomic E-state index is 13.6. The van der Waals surface area contributed by atoms with Gasteiger partial charge in [0.25, 0.3) is 5.91 Å². The molecule has 0 saturated carbocycles. The second kappa shape index (κ2) is 7.72. The molecule has 140 valence electrons. The lowest BCUT2D eigenvalue weighted by Gasteiger charge is -2.32. The van der Waals surface area contributed by atoms with Crippen molar-refractivity contribution < 1.29 is 9.18 Å². The summed E-state index contributed by atoms with van der Waals surface area (Å²) in [6, 6.07) is 4.51. The fourth-order valence-electron chi connectivity index (χ4n) is 3.80. The number of carbonyl (C=O) groups excluding carboxylic acids is 1. The number of nitrogens with one attached hydrogen (secondary N) is 1. The van der Waals surface area contributed by atoms with Crippen LogP contribution in [0.5, 0.6) is 0 Å². The molecule has 1 aromatic heterocycles. The third-order valence-electron chi connectivity index (χ3n) is 5.09. The van der Waals surface area contributed by atoms with Crippen molar-refractivity contribution in [1.82, 2.24) is 25.0 Å². The number of benzene rings is 1. The molecular weight excluding hydrogens is 357 g/mol. The molecule has 1 amide bonds. The first kappa shape index (κ1) is 18.8. The van der Waals surface area contributed by atoms with Gasteiger partial charge < -0.3 is 14.8 Å². The van der Waals surface area contributed by atoms with Crippen LogP contribution in [0.25, 0.3) is 0 Å². The van der Waals surface area contributed by atoms with Crippen LogP contribution in [0.1, 0.15) is 46.3 Å². The zero-order chi connectivity index (χ0) is 17.4. The second-order valence-electron chi connectivity index (χ2n) is 6.89. The van der Waals surface area contributed by atoms with Crippen molar-refractivity contribution in [3.8, 4) is 0 Å². The summed E-state index contributed by atoms with van der Waals surface area (Å²) in [5.74, 6) is 1.92. The van der Waals surface area contributed by atoms with Crippen LogP contribution in [-0.2, 0) is 13.1 Å². The van der Waals surface area contributed by atoms with E-state index in [9.17, 15) is 9.18 Å². The van der Waals surface area contributed by atoms with Crippen LogP contribution in [0.15, 0.2) is 18.2 Å². The molecule has 8 heteroatoms. The predicted octanol–water partition coefficient (Wildman–Crippen LogP) is 2.27. The van der Waals surface area contributed by atoms with Crippen molar-refractivity contribution in [3.63, 3.8) is 0 Å². The molecule has 6 nitrogen and oxygen atoms in total. The van der Waals surface area contributed by atoms with Gasteiger partial charge >= 0.3 is 0 Å². The lowest BCUT2D eigenvalue weighted by Crippen LogP contribution is -2.39. The number of carbonyl (C=O) groups is 1. The quantitative estimate of drug-likeness (QED) is 0.869. The summed E-state index contributed by atoms with van der Waals surface area (Å²) in [6.45, 7) is 5.74. The lowest BCUT2D eigenvalue weighted by atomic mass is 9.95. The Morgan fingerprint density at radius 2 is 1.96 bits per heavy atom. The van der Waals surface area contributed by atoms with Gasteiger partial charge in [0.15, 0.2) is 0 Å². The lowest BCUT2D eigenvalue weighted by molar-refractivity contribution is 0.0709. The number of nitrogens with zero attached hydrogens (tertiary/aromatic N) is 4. The van der Waals surface area contributed by atoms with E-state index in [2.05, 4.69) is 20.1 Å². The van der Waals surface area contributed by atoms with Crippen LogP contribution in [0.3, 0.4) is 0 Å². The van der Waals surface area contributed by atoms with E-state index in [0.717, 1.165) is 49.7 Å². The first-order chi connectivity index (χ1) is 12.1. The molecule has 26 heavy (non-hydrogen) atoms. The molecule has 0 aliphatic carbocycles. The van der Waals surface area contributed by atoms with Gasteiger partial charge in [0.2, 0.25) is 0 Å².